The Morgan fingerprint density at radius 3 is 2.47 bits per heavy atom. The van der Waals surface area contributed by atoms with E-state index in [-0.39, 0.29) is 112 Å². The Kier molecular flexibility index (Phi) is 16.3. The lowest BCUT2D eigenvalue weighted by atomic mass is 9.90. The van der Waals surface area contributed by atoms with E-state index in [1.165, 1.54) is 38.8 Å². The molecule has 7 N–H and O–H groups in total. The first-order valence-electron chi connectivity index (χ1n) is 26.9. The molecule has 3 fully saturated rings. The number of carbonyl (C=O) groups is 2. The molecule has 3 aromatic heterocycles. The molecule has 0 aliphatic carbocycles. The van der Waals surface area contributed by atoms with Gasteiger partial charge < -0.3 is 45.6 Å². The normalized spacial score (nSPS) is 18.6. The van der Waals surface area contributed by atoms with Crippen LogP contribution >= 0.6 is 0 Å². The summed E-state index contributed by atoms with van der Waals surface area (Å²) >= 11 is 0. The topological polar surface area (TPSA) is 245 Å². The van der Waals surface area contributed by atoms with Crippen LogP contribution in [0.2, 0.25) is 0 Å². The number of methoxy groups -OCH3 is 1. The van der Waals surface area contributed by atoms with Gasteiger partial charge in [-0.2, -0.15) is 33.3 Å². The van der Waals surface area contributed by atoms with Crippen LogP contribution in [0.4, 0.5) is 23.4 Å². The number of hydrogen-bond donors (Lipinski definition) is 6. The van der Waals surface area contributed by atoms with Crippen LogP contribution in [0.25, 0.3) is 44.2 Å². The lowest BCUT2D eigenvalue weighted by Crippen LogP contribution is -2.83. The molecule has 81 heavy (non-hydrogen) atoms. The van der Waals surface area contributed by atoms with E-state index in [2.05, 4.69) is 40.9 Å². The van der Waals surface area contributed by atoms with Gasteiger partial charge in [-0.15, -0.1) is 0 Å². The minimum absolute atomic E-state index is 0.0232. The van der Waals surface area contributed by atoms with Crippen molar-refractivity contribution in [3.05, 3.63) is 119 Å². The maximum absolute atomic E-state index is 15.9. The number of H-pyrrole nitrogens is 1. The van der Waals surface area contributed by atoms with Crippen LogP contribution in [0.3, 0.4) is 0 Å². The molecular formula is C58H64F4N13O6+. The molecule has 0 saturated carbocycles. The van der Waals surface area contributed by atoms with Crippen molar-refractivity contribution in [2.24, 2.45) is 16.9 Å². The number of amides is 2. The number of alkyl halides is 3. The molecule has 7 aromatic rings. The summed E-state index contributed by atoms with van der Waals surface area (Å²) in [5, 5.41) is 27.9. The Bertz CT molecular complexity index is 3520. The number of aromatic nitrogens is 6. The number of piperazine rings is 1. The van der Waals surface area contributed by atoms with E-state index < -0.39 is 41.2 Å². The summed E-state index contributed by atoms with van der Waals surface area (Å²) in [5.41, 5.74) is 3.11. The number of aryl methyl sites for hydroxylation is 1. The molecule has 6 atom stereocenters. The Morgan fingerprint density at radius 2 is 1.80 bits per heavy atom. The Hall–Kier alpha value is -8.15. The zero-order chi connectivity index (χ0) is 57.3. The second-order valence-corrected chi connectivity index (χ2v) is 21.2. The van der Waals surface area contributed by atoms with E-state index in [1.54, 1.807) is 42.3 Å². The van der Waals surface area contributed by atoms with Crippen molar-refractivity contribution in [1.82, 2.24) is 45.7 Å². The number of anilines is 1. The number of fused-ring (bicyclic) bond motifs is 4. The van der Waals surface area contributed by atoms with E-state index in [9.17, 15) is 14.7 Å². The maximum Gasteiger partial charge on any atom is 0.417 e. The number of aliphatic hydroxyl groups excluding tert-OH is 1. The van der Waals surface area contributed by atoms with Crippen LogP contribution in [0.15, 0.2) is 84.5 Å². The molecule has 0 spiro atoms. The van der Waals surface area contributed by atoms with Gasteiger partial charge in [0.1, 0.15) is 42.7 Å². The standard InChI is InChI=1S/C58H63F4N13O6/c1-30(2)50(56(78)74-17-7-8-47(74)55(77)69-46(26-76)36-13-15-37(16-14-36)51-31(3)21-64-29-67-51)66-24-45(72-63)35-11-9-34(10-12-35)28-80-53-49(48-33(5)43(59)20-44-41(48)23-68-73-44)42(58(60,61)62)19-40-52(53)70-57(81-27-32(4)79-6)71-54(40)75-25-38-18-39(75)22-65-38/h9-16,19-21,23-24,29-30,32,38-39,46-47,50,65,76H,7-8,17-18,22,25-28,63H2,1-6H3,(H,68,73)(H,69,77)/p+1/b66-24?,72-45+/t32-,38-,39-,46-,47-,50-/m0/s1. The molecule has 4 aromatic carbocycles. The van der Waals surface area contributed by atoms with Gasteiger partial charge >= 0.3 is 12.2 Å². The Morgan fingerprint density at radius 1 is 1.02 bits per heavy atom. The number of aliphatic hydroxyl groups is 1. The number of hydrogen-bond acceptors (Lipinski definition) is 15. The number of hydrazone groups is 1. The van der Waals surface area contributed by atoms with Gasteiger partial charge in [0.2, 0.25) is 11.9 Å². The summed E-state index contributed by atoms with van der Waals surface area (Å²) in [4.78, 5) is 53.0. The molecular weight excluding hydrogens is 1050 g/mol. The third kappa shape index (κ3) is 11.5. The second-order valence-electron chi connectivity index (χ2n) is 21.2. The average molecular weight is 1120 g/mol. The van der Waals surface area contributed by atoms with E-state index in [4.69, 9.17) is 30.0 Å². The number of nitrogens with zero attached hydrogens (tertiary/aromatic N) is 8. The van der Waals surface area contributed by atoms with Gasteiger partial charge in [0.05, 0.1) is 41.7 Å². The maximum atomic E-state index is 15.9. The van der Waals surface area contributed by atoms with E-state index in [0.29, 0.717) is 49.2 Å². The fraction of sp³-hybridized carbons (Fsp3) is 0.397. The van der Waals surface area contributed by atoms with Gasteiger partial charge in [-0.05, 0) is 74.4 Å². The smallest absolute Gasteiger partial charge is 0.417 e. The average Bonchev–Trinajstić information content (AvgIpc) is 3.73. The van der Waals surface area contributed by atoms with Crippen molar-refractivity contribution in [3.8, 4) is 34.1 Å². The molecule has 10 rings (SSSR count). The molecule has 3 aliphatic rings. The molecule has 0 radical (unpaired) electrons. The predicted molar refractivity (Wildman–Crippen MR) is 296 cm³/mol. The van der Waals surface area contributed by atoms with Gasteiger partial charge in [0.15, 0.2) is 17.7 Å². The number of likely N-dealkylation sites (tertiary alicyclic amines) is 1. The lowest BCUT2D eigenvalue weighted by molar-refractivity contribution is -0.491. The highest BCUT2D eigenvalue weighted by Crippen LogP contribution is 2.51. The zero-order valence-electron chi connectivity index (χ0n) is 45.6. The van der Waals surface area contributed by atoms with Gasteiger partial charge in [0, 0.05) is 84.0 Å². The molecule has 3 aliphatic heterocycles. The highest BCUT2D eigenvalue weighted by molar-refractivity contribution is 6.36. The third-order valence-electron chi connectivity index (χ3n) is 15.5. The Balaban J connectivity index is 0.920. The van der Waals surface area contributed by atoms with E-state index >= 15 is 17.6 Å². The summed E-state index contributed by atoms with van der Waals surface area (Å²) in [6.07, 6.45) is 2.53. The van der Waals surface area contributed by atoms with Crippen LogP contribution in [0, 0.1) is 25.6 Å². The molecule has 2 amide bonds. The first-order chi connectivity index (χ1) is 39.0. The van der Waals surface area contributed by atoms with Crippen molar-refractivity contribution < 1.29 is 51.5 Å². The van der Waals surface area contributed by atoms with Crippen LogP contribution in [0.1, 0.15) is 79.5 Å². The SMILES string of the molecule is CO[C@@H](C)COc1nc(N2C[C@@H]3C[C@H]2CN3)c2cc(C(F)(F)F)c(-c3c(C)c(F)cc4[nH]ncc34)c(OCc3ccc(/C(C=[NH+][C@H](C(=O)N4CCC[C@H]4C(=O)N[C@@H](CO)c4ccc(-c5ncncc5C)cc4)C(C)C)=N/N)cc3)c2n1. The first kappa shape index (κ1) is 56.1. The quantitative estimate of drug-likeness (QED) is 0.0249. The summed E-state index contributed by atoms with van der Waals surface area (Å²) in [6.45, 7) is 9.70. The number of ether oxygens (including phenoxy) is 3. The molecule has 19 nitrogen and oxygen atoms in total. The van der Waals surface area contributed by atoms with Gasteiger partial charge in [-0.3, -0.25) is 14.7 Å². The number of halogens is 4. The number of aromatic amines is 1. The van der Waals surface area contributed by atoms with Crippen molar-refractivity contribution in [2.45, 2.75) is 103 Å². The van der Waals surface area contributed by atoms with Gasteiger partial charge in [-0.25, -0.2) is 19.4 Å². The van der Waals surface area contributed by atoms with Gasteiger partial charge in [0.25, 0.3) is 5.91 Å². The molecule has 0 unspecified atom stereocenters. The Labute approximate surface area is 464 Å². The fourth-order valence-corrected chi connectivity index (χ4v) is 11.1. The minimum Gasteiger partial charge on any atom is -0.486 e. The van der Waals surface area contributed by atoms with Crippen LogP contribution < -0.4 is 35.8 Å². The second kappa shape index (κ2) is 23.5. The van der Waals surface area contributed by atoms with Crippen molar-refractivity contribution in [1.29, 1.82) is 0 Å². The van der Waals surface area contributed by atoms with Crippen LogP contribution in [-0.4, -0.2) is 134 Å². The van der Waals surface area contributed by atoms with E-state index in [1.807, 2.05) is 49.9 Å². The van der Waals surface area contributed by atoms with Crippen LogP contribution in [-0.2, 0) is 27.1 Å². The summed E-state index contributed by atoms with van der Waals surface area (Å²) < 4.78 is 81.5. The minimum atomic E-state index is -4.98. The number of nitrogens with one attached hydrogen (secondary N) is 4. The molecule has 2 bridgehead atoms. The zero-order valence-corrected chi connectivity index (χ0v) is 45.6. The summed E-state index contributed by atoms with van der Waals surface area (Å²) in [6, 6.07) is 14.1. The highest BCUT2D eigenvalue weighted by Gasteiger charge is 2.44. The first-order valence-corrected chi connectivity index (χ1v) is 26.9. The van der Waals surface area contributed by atoms with Crippen molar-refractivity contribution in [3.63, 3.8) is 0 Å². The monoisotopic (exact) mass is 1110 g/mol. The van der Waals surface area contributed by atoms with Crippen LogP contribution in [0.5, 0.6) is 11.8 Å². The molecule has 6 heterocycles. The molecule has 424 valence electrons. The lowest BCUT2D eigenvalue weighted by Gasteiger charge is -2.30. The predicted octanol–water partition coefficient (Wildman–Crippen LogP) is 5.63. The van der Waals surface area contributed by atoms with E-state index in [0.717, 1.165) is 29.3 Å². The third-order valence-corrected chi connectivity index (χ3v) is 15.5. The highest BCUT2D eigenvalue weighted by atomic mass is 19.4. The molecule has 23 heteroatoms. The van der Waals surface area contributed by atoms with Gasteiger partial charge in [-0.1, -0.05) is 62.4 Å². The number of benzene rings is 4. The number of carbonyl (C=O) groups excluding carboxylic acids is 2. The summed E-state index contributed by atoms with van der Waals surface area (Å²) in [7, 11) is 1.52. The number of nitrogens with two attached hydrogens (primary N) is 1. The largest absolute Gasteiger partial charge is 0.486 e. The summed E-state index contributed by atoms with van der Waals surface area (Å²) in [5.74, 6) is 4.25. The van der Waals surface area contributed by atoms with Crippen molar-refractivity contribution in [2.75, 3.05) is 44.9 Å². The van der Waals surface area contributed by atoms with Crippen molar-refractivity contribution >= 4 is 51.4 Å². The fourth-order valence-electron chi connectivity index (χ4n) is 11.1. The molecule has 3 saturated heterocycles. The number of rotatable bonds is 19.